The van der Waals surface area contributed by atoms with Crippen molar-refractivity contribution in [1.82, 2.24) is 4.90 Å². The third-order valence-electron chi connectivity index (χ3n) is 4.43. The molecule has 1 saturated heterocycles. The van der Waals surface area contributed by atoms with E-state index in [1.165, 1.54) is 12.1 Å². The lowest BCUT2D eigenvalue weighted by atomic mass is 10.0. The molecule has 3 rings (SSSR count). The third kappa shape index (κ3) is 4.86. The summed E-state index contributed by atoms with van der Waals surface area (Å²) in [6.07, 6.45) is 2.18. The van der Waals surface area contributed by atoms with Crippen LogP contribution in [0.15, 0.2) is 42.5 Å². The molecular weight excluding hydrogens is 319 g/mol. The van der Waals surface area contributed by atoms with Crippen LogP contribution in [0.25, 0.3) is 0 Å². The monoisotopic (exact) mass is 344 g/mol. The van der Waals surface area contributed by atoms with Crippen LogP contribution in [0.1, 0.15) is 25.3 Å². The molecule has 25 heavy (non-hydrogen) atoms. The average Bonchev–Trinajstić information content (AvgIpc) is 2.58. The van der Waals surface area contributed by atoms with E-state index in [1.54, 1.807) is 12.1 Å². The van der Waals surface area contributed by atoms with Gasteiger partial charge in [0.1, 0.15) is 5.82 Å². The fourth-order valence-corrected chi connectivity index (χ4v) is 3.32. The minimum Gasteiger partial charge on any atom is -0.504 e. The molecule has 0 spiro atoms. The topological polar surface area (TPSA) is 44.7 Å². The summed E-state index contributed by atoms with van der Waals surface area (Å²) in [6.45, 7) is 5.18. The Bertz CT molecular complexity index is 708. The lowest BCUT2D eigenvalue weighted by Gasteiger charge is -2.33. The normalized spacial score (nSPS) is 18.1. The molecule has 0 bridgehead atoms. The second kappa shape index (κ2) is 8.21. The lowest BCUT2D eigenvalue weighted by Crippen LogP contribution is -2.41. The van der Waals surface area contributed by atoms with E-state index in [1.807, 2.05) is 25.1 Å². The molecular formula is C20H25FN2O2. The summed E-state index contributed by atoms with van der Waals surface area (Å²) < 4.78 is 18.8. The molecule has 2 N–H and O–H groups in total. The number of rotatable bonds is 6. The molecule has 0 radical (unpaired) electrons. The minimum atomic E-state index is -0.217. The zero-order chi connectivity index (χ0) is 17.6. The number of likely N-dealkylation sites (tertiary alicyclic amines) is 1. The summed E-state index contributed by atoms with van der Waals surface area (Å²) in [5.41, 5.74) is 1.95. The van der Waals surface area contributed by atoms with Gasteiger partial charge in [-0.05, 0) is 62.2 Å². The lowest BCUT2D eigenvalue weighted by molar-refractivity contribution is 0.208. The average molecular weight is 344 g/mol. The van der Waals surface area contributed by atoms with Crippen molar-refractivity contribution < 1.29 is 14.2 Å². The Morgan fingerprint density at radius 2 is 2.16 bits per heavy atom. The number of ether oxygens (including phenoxy) is 1. The van der Waals surface area contributed by atoms with Gasteiger partial charge < -0.3 is 15.2 Å². The first-order valence-corrected chi connectivity index (χ1v) is 8.83. The molecule has 5 heteroatoms. The molecule has 2 aromatic carbocycles. The highest BCUT2D eigenvalue weighted by atomic mass is 19.1. The van der Waals surface area contributed by atoms with Crippen molar-refractivity contribution in [3.8, 4) is 11.5 Å². The molecule has 0 amide bonds. The van der Waals surface area contributed by atoms with Gasteiger partial charge in [0.05, 0.1) is 6.61 Å². The van der Waals surface area contributed by atoms with E-state index in [9.17, 15) is 9.50 Å². The zero-order valence-corrected chi connectivity index (χ0v) is 14.5. The van der Waals surface area contributed by atoms with Gasteiger partial charge in [-0.3, -0.25) is 4.90 Å². The first-order chi connectivity index (χ1) is 12.1. The number of anilines is 1. The van der Waals surface area contributed by atoms with Crippen LogP contribution in [0, 0.1) is 5.82 Å². The molecule has 1 atom stereocenters. The van der Waals surface area contributed by atoms with Gasteiger partial charge in [-0.25, -0.2) is 4.39 Å². The molecule has 1 unspecified atom stereocenters. The van der Waals surface area contributed by atoms with Gasteiger partial charge in [0.25, 0.3) is 0 Å². The van der Waals surface area contributed by atoms with Gasteiger partial charge in [-0.1, -0.05) is 12.1 Å². The number of hydrogen-bond acceptors (Lipinski definition) is 4. The van der Waals surface area contributed by atoms with Gasteiger partial charge in [0, 0.05) is 24.8 Å². The van der Waals surface area contributed by atoms with Crippen molar-refractivity contribution in [3.05, 3.63) is 53.8 Å². The number of nitrogens with one attached hydrogen (secondary N) is 1. The molecule has 2 aromatic rings. The molecule has 0 saturated carbocycles. The van der Waals surface area contributed by atoms with Gasteiger partial charge in [-0.2, -0.15) is 0 Å². The first kappa shape index (κ1) is 17.5. The molecule has 1 aliphatic heterocycles. The van der Waals surface area contributed by atoms with Crippen LogP contribution in [0.5, 0.6) is 11.5 Å². The Morgan fingerprint density at radius 1 is 1.28 bits per heavy atom. The summed E-state index contributed by atoms with van der Waals surface area (Å²) >= 11 is 0. The molecule has 1 heterocycles. The highest BCUT2D eigenvalue weighted by Crippen LogP contribution is 2.28. The molecule has 4 nitrogen and oxygen atoms in total. The molecule has 134 valence electrons. The maximum atomic E-state index is 13.3. The van der Waals surface area contributed by atoms with Crippen LogP contribution < -0.4 is 10.1 Å². The highest BCUT2D eigenvalue weighted by molar-refractivity contribution is 5.44. The number of aromatic hydroxyl groups is 1. The maximum Gasteiger partial charge on any atom is 0.161 e. The Hall–Kier alpha value is -2.27. The highest BCUT2D eigenvalue weighted by Gasteiger charge is 2.20. The summed E-state index contributed by atoms with van der Waals surface area (Å²) in [7, 11) is 0. The standard InChI is InChI=1S/C20H25FN2O2/c1-2-25-20-11-15(8-9-19(20)24)13-23-10-4-7-18(14-23)22-17-6-3-5-16(21)12-17/h3,5-6,8-9,11-12,18,22,24H,2,4,7,10,13-14H2,1H3. The summed E-state index contributed by atoms with van der Waals surface area (Å²) in [4.78, 5) is 2.38. The van der Waals surface area contributed by atoms with Gasteiger partial charge in [0.2, 0.25) is 0 Å². The molecule has 1 aliphatic rings. The van der Waals surface area contributed by atoms with E-state index in [4.69, 9.17) is 4.74 Å². The third-order valence-corrected chi connectivity index (χ3v) is 4.43. The predicted molar refractivity (Wildman–Crippen MR) is 97.6 cm³/mol. The van der Waals surface area contributed by atoms with E-state index < -0.39 is 0 Å². The van der Waals surface area contributed by atoms with Gasteiger partial charge in [-0.15, -0.1) is 0 Å². The van der Waals surface area contributed by atoms with Gasteiger partial charge >= 0.3 is 0 Å². The second-order valence-corrected chi connectivity index (χ2v) is 6.46. The van der Waals surface area contributed by atoms with Crippen molar-refractivity contribution in [2.75, 3.05) is 25.0 Å². The number of phenolic OH excluding ortho intramolecular Hbond substituents is 1. The number of phenols is 1. The Morgan fingerprint density at radius 3 is 2.96 bits per heavy atom. The smallest absolute Gasteiger partial charge is 0.161 e. The van der Waals surface area contributed by atoms with Crippen LogP contribution in [0.4, 0.5) is 10.1 Å². The van der Waals surface area contributed by atoms with Gasteiger partial charge in [0.15, 0.2) is 11.5 Å². The Balaban J connectivity index is 1.61. The van der Waals surface area contributed by atoms with Crippen LogP contribution in [-0.2, 0) is 6.54 Å². The number of hydrogen-bond donors (Lipinski definition) is 2. The predicted octanol–water partition coefficient (Wildman–Crippen LogP) is 4.01. The van der Waals surface area contributed by atoms with E-state index >= 15 is 0 Å². The van der Waals surface area contributed by atoms with Crippen LogP contribution >= 0.6 is 0 Å². The number of piperidine rings is 1. The van der Waals surface area contributed by atoms with Crippen LogP contribution in [-0.4, -0.2) is 35.7 Å². The fraction of sp³-hybridized carbons (Fsp3) is 0.400. The second-order valence-electron chi connectivity index (χ2n) is 6.46. The zero-order valence-electron chi connectivity index (χ0n) is 14.5. The summed E-state index contributed by atoms with van der Waals surface area (Å²) in [5, 5.41) is 13.3. The van der Waals surface area contributed by atoms with Crippen LogP contribution in [0.3, 0.4) is 0 Å². The van der Waals surface area contributed by atoms with Crippen molar-refractivity contribution in [3.63, 3.8) is 0 Å². The van der Waals surface area contributed by atoms with Crippen molar-refractivity contribution in [2.24, 2.45) is 0 Å². The van der Waals surface area contributed by atoms with Crippen LogP contribution in [0.2, 0.25) is 0 Å². The molecule has 0 aromatic heterocycles. The minimum absolute atomic E-state index is 0.176. The summed E-state index contributed by atoms with van der Waals surface area (Å²) in [5.74, 6) is 0.492. The quantitative estimate of drug-likeness (QED) is 0.831. The van der Waals surface area contributed by atoms with Crippen molar-refractivity contribution in [2.45, 2.75) is 32.4 Å². The number of halogens is 1. The largest absolute Gasteiger partial charge is 0.504 e. The van der Waals surface area contributed by atoms with E-state index in [0.29, 0.717) is 18.4 Å². The van der Waals surface area contributed by atoms with Crippen molar-refractivity contribution >= 4 is 5.69 Å². The summed E-state index contributed by atoms with van der Waals surface area (Å²) in [6, 6.07) is 12.4. The molecule has 1 fully saturated rings. The van der Waals surface area contributed by atoms with E-state index in [-0.39, 0.29) is 11.6 Å². The fourth-order valence-electron chi connectivity index (χ4n) is 3.32. The Labute approximate surface area is 148 Å². The SMILES string of the molecule is CCOc1cc(CN2CCCC(Nc3cccc(F)c3)C2)ccc1O. The Kier molecular flexibility index (Phi) is 5.76. The van der Waals surface area contributed by atoms with E-state index in [0.717, 1.165) is 43.7 Å². The maximum absolute atomic E-state index is 13.3. The van der Waals surface area contributed by atoms with E-state index in [2.05, 4.69) is 10.2 Å². The molecule has 0 aliphatic carbocycles. The number of benzene rings is 2. The van der Waals surface area contributed by atoms with Crippen molar-refractivity contribution in [1.29, 1.82) is 0 Å². The number of nitrogens with zero attached hydrogens (tertiary/aromatic N) is 1. The first-order valence-electron chi connectivity index (χ1n) is 8.83.